The van der Waals surface area contributed by atoms with Crippen LogP contribution in [0.1, 0.15) is 30.5 Å². The Morgan fingerprint density at radius 2 is 1.46 bits per heavy atom. The first-order chi connectivity index (χ1) is 19.6. The zero-order chi connectivity index (χ0) is 29.6. The third-order valence-electron chi connectivity index (χ3n) is 7.09. The summed E-state index contributed by atoms with van der Waals surface area (Å²) < 4.78 is 28.2. The second-order valence-electron chi connectivity index (χ2n) is 10.6. The van der Waals surface area contributed by atoms with Gasteiger partial charge in [0.15, 0.2) is 0 Å². The van der Waals surface area contributed by atoms with Gasteiger partial charge in [-0.05, 0) is 60.4 Å². The Labute approximate surface area is 242 Å². The van der Waals surface area contributed by atoms with E-state index in [1.54, 1.807) is 18.2 Å². The van der Waals surface area contributed by atoms with Gasteiger partial charge in [0.25, 0.3) is 0 Å². The molecule has 4 aromatic carbocycles. The van der Waals surface area contributed by atoms with Crippen LogP contribution in [0.3, 0.4) is 0 Å². The molecule has 4 aromatic rings. The molecule has 0 bridgehead atoms. The lowest BCUT2D eigenvalue weighted by Gasteiger charge is -2.33. The molecule has 41 heavy (non-hydrogen) atoms. The van der Waals surface area contributed by atoms with Crippen molar-refractivity contribution in [3.8, 4) is 0 Å². The number of rotatable bonds is 11. The maximum absolute atomic E-state index is 14.0. The summed E-state index contributed by atoms with van der Waals surface area (Å²) in [6.45, 7) is 5.44. The SMILES string of the molecule is Cc1ccccc1CN(C(=O)CN(C)S(=O)(=O)c1ccc2ccccc2c1)C(Cc1ccccc1)C(=O)NC(C)C. The molecule has 7 nitrogen and oxygen atoms in total. The lowest BCUT2D eigenvalue weighted by molar-refractivity contribution is -0.141. The van der Waals surface area contributed by atoms with Crippen molar-refractivity contribution >= 4 is 32.6 Å². The molecule has 0 heterocycles. The fourth-order valence-corrected chi connectivity index (χ4v) is 5.94. The number of aryl methyl sites for hydroxylation is 1. The van der Waals surface area contributed by atoms with Crippen LogP contribution in [0.2, 0.25) is 0 Å². The molecule has 0 fully saturated rings. The van der Waals surface area contributed by atoms with Crippen LogP contribution in [0.15, 0.2) is 102 Å². The monoisotopic (exact) mass is 571 g/mol. The van der Waals surface area contributed by atoms with Crippen molar-refractivity contribution in [3.05, 3.63) is 114 Å². The topological polar surface area (TPSA) is 86.8 Å². The first-order valence-corrected chi connectivity index (χ1v) is 15.1. The largest absolute Gasteiger partial charge is 0.352 e. The van der Waals surface area contributed by atoms with Crippen LogP contribution in [-0.2, 0) is 32.6 Å². The highest BCUT2D eigenvalue weighted by molar-refractivity contribution is 7.89. The van der Waals surface area contributed by atoms with Gasteiger partial charge in [-0.3, -0.25) is 9.59 Å². The second kappa shape index (κ2) is 13.1. The third-order valence-corrected chi connectivity index (χ3v) is 8.89. The summed E-state index contributed by atoms with van der Waals surface area (Å²) in [6, 6.07) is 28.7. The first-order valence-electron chi connectivity index (χ1n) is 13.7. The fourth-order valence-electron chi connectivity index (χ4n) is 4.78. The van der Waals surface area contributed by atoms with Crippen LogP contribution in [0.5, 0.6) is 0 Å². The number of nitrogens with one attached hydrogen (secondary N) is 1. The Balaban J connectivity index is 1.68. The van der Waals surface area contributed by atoms with E-state index in [1.807, 2.05) is 99.6 Å². The van der Waals surface area contributed by atoms with Gasteiger partial charge >= 0.3 is 0 Å². The highest BCUT2D eigenvalue weighted by Gasteiger charge is 2.33. The standard InChI is InChI=1S/C33H37N3O4S/c1-24(2)34-33(38)31(20-26-13-6-5-7-14-26)36(22-29-17-9-8-12-25(29)3)32(37)23-35(4)41(39,40)30-19-18-27-15-10-11-16-28(27)21-30/h5-19,21,24,31H,20,22-23H2,1-4H3,(H,34,38). The Kier molecular flexibility index (Phi) is 9.57. The molecule has 0 radical (unpaired) electrons. The van der Waals surface area contributed by atoms with Crippen molar-refractivity contribution in [3.63, 3.8) is 0 Å². The summed E-state index contributed by atoms with van der Waals surface area (Å²) in [6.07, 6.45) is 0.290. The lowest BCUT2D eigenvalue weighted by Crippen LogP contribution is -2.54. The minimum atomic E-state index is -3.98. The number of fused-ring (bicyclic) bond motifs is 1. The van der Waals surface area contributed by atoms with E-state index >= 15 is 0 Å². The normalized spacial score (nSPS) is 12.4. The van der Waals surface area contributed by atoms with Crippen LogP contribution in [-0.4, -0.2) is 55.1 Å². The average Bonchev–Trinajstić information content (AvgIpc) is 2.95. The molecule has 0 saturated heterocycles. The smallest absolute Gasteiger partial charge is 0.243 e. The molecule has 0 spiro atoms. The van der Waals surface area contributed by atoms with Gasteiger partial charge in [0.2, 0.25) is 21.8 Å². The van der Waals surface area contributed by atoms with Crippen LogP contribution in [0.25, 0.3) is 10.8 Å². The minimum Gasteiger partial charge on any atom is -0.352 e. The molecule has 0 saturated carbocycles. The van der Waals surface area contributed by atoms with Gasteiger partial charge in [-0.1, -0.05) is 84.9 Å². The molecule has 0 aliphatic rings. The highest BCUT2D eigenvalue weighted by atomic mass is 32.2. The quantitative estimate of drug-likeness (QED) is 0.277. The van der Waals surface area contributed by atoms with E-state index in [0.29, 0.717) is 0 Å². The first kappa shape index (κ1) is 30.0. The van der Waals surface area contributed by atoms with Gasteiger partial charge in [-0.15, -0.1) is 0 Å². The van der Waals surface area contributed by atoms with Crippen LogP contribution in [0, 0.1) is 6.92 Å². The third kappa shape index (κ3) is 7.39. The van der Waals surface area contributed by atoms with Crippen molar-refractivity contribution < 1.29 is 18.0 Å². The number of carbonyl (C=O) groups excluding carboxylic acids is 2. The summed E-state index contributed by atoms with van der Waals surface area (Å²) in [7, 11) is -2.58. The summed E-state index contributed by atoms with van der Waals surface area (Å²) in [5.74, 6) is -0.745. The number of sulfonamides is 1. The lowest BCUT2D eigenvalue weighted by atomic mass is 10.0. The van der Waals surface area contributed by atoms with Crippen LogP contribution >= 0.6 is 0 Å². The van der Waals surface area contributed by atoms with E-state index in [1.165, 1.54) is 11.9 Å². The molecule has 214 valence electrons. The average molecular weight is 572 g/mol. The number of hydrogen-bond donors (Lipinski definition) is 1. The van der Waals surface area contributed by atoms with Crippen molar-refractivity contribution in [1.82, 2.24) is 14.5 Å². The molecule has 0 aliphatic heterocycles. The van der Waals surface area contributed by atoms with E-state index in [-0.39, 0.29) is 29.8 Å². The van der Waals surface area contributed by atoms with Crippen LogP contribution < -0.4 is 5.32 Å². The Morgan fingerprint density at radius 1 is 0.829 bits per heavy atom. The van der Waals surface area contributed by atoms with Gasteiger partial charge in [0.1, 0.15) is 6.04 Å². The summed E-state index contributed by atoms with van der Waals surface area (Å²) in [5.41, 5.74) is 2.76. The van der Waals surface area contributed by atoms with Crippen molar-refractivity contribution in [2.24, 2.45) is 0 Å². The van der Waals surface area contributed by atoms with E-state index < -0.39 is 28.5 Å². The minimum absolute atomic E-state index is 0.107. The molecule has 0 aliphatic carbocycles. The number of likely N-dealkylation sites (N-methyl/N-ethyl adjacent to an activating group) is 1. The second-order valence-corrected chi connectivity index (χ2v) is 12.6. The van der Waals surface area contributed by atoms with Crippen molar-refractivity contribution in [2.45, 2.75) is 50.7 Å². The zero-order valence-electron chi connectivity index (χ0n) is 23.9. The Hall–Kier alpha value is -4.01. The van der Waals surface area contributed by atoms with Gasteiger partial charge in [0.05, 0.1) is 11.4 Å². The molecule has 1 unspecified atom stereocenters. The van der Waals surface area contributed by atoms with E-state index in [2.05, 4.69) is 5.32 Å². The van der Waals surface area contributed by atoms with E-state index in [4.69, 9.17) is 0 Å². The molecule has 0 aromatic heterocycles. The van der Waals surface area contributed by atoms with Gasteiger partial charge in [0, 0.05) is 26.1 Å². The van der Waals surface area contributed by atoms with Crippen molar-refractivity contribution in [2.75, 3.05) is 13.6 Å². The molecule has 1 atom stereocenters. The molecule has 4 rings (SSSR count). The van der Waals surface area contributed by atoms with Gasteiger partial charge < -0.3 is 10.2 Å². The number of benzene rings is 4. The summed E-state index contributed by atoms with van der Waals surface area (Å²) in [4.78, 5) is 29.2. The molecule has 8 heteroatoms. The molecule has 1 N–H and O–H groups in total. The Morgan fingerprint density at radius 3 is 2.15 bits per heavy atom. The predicted molar refractivity (Wildman–Crippen MR) is 163 cm³/mol. The molecular formula is C33H37N3O4S. The van der Waals surface area contributed by atoms with E-state index in [9.17, 15) is 18.0 Å². The number of hydrogen-bond acceptors (Lipinski definition) is 4. The summed E-state index contributed by atoms with van der Waals surface area (Å²) >= 11 is 0. The maximum Gasteiger partial charge on any atom is 0.243 e. The van der Waals surface area contributed by atoms with Crippen molar-refractivity contribution in [1.29, 1.82) is 0 Å². The highest BCUT2D eigenvalue weighted by Crippen LogP contribution is 2.23. The fraction of sp³-hybridized carbons (Fsp3) is 0.273. The Bertz CT molecular complexity index is 1620. The maximum atomic E-state index is 14.0. The number of amides is 2. The molecule has 2 amide bonds. The van der Waals surface area contributed by atoms with Crippen LogP contribution in [0.4, 0.5) is 0 Å². The number of carbonyl (C=O) groups is 2. The van der Waals surface area contributed by atoms with Gasteiger partial charge in [-0.2, -0.15) is 4.31 Å². The predicted octanol–water partition coefficient (Wildman–Crippen LogP) is 4.93. The van der Waals surface area contributed by atoms with Gasteiger partial charge in [-0.25, -0.2) is 8.42 Å². The van der Waals surface area contributed by atoms with E-state index in [0.717, 1.165) is 31.8 Å². The zero-order valence-corrected chi connectivity index (χ0v) is 24.8. The molecular weight excluding hydrogens is 534 g/mol. The summed E-state index contributed by atoms with van der Waals surface area (Å²) in [5, 5.41) is 4.68. The number of nitrogens with zero attached hydrogens (tertiary/aromatic N) is 2.